The zero-order valence-electron chi connectivity index (χ0n) is 8.08. The predicted octanol–water partition coefficient (Wildman–Crippen LogP) is -0.613. The topological polar surface area (TPSA) is 69.9 Å². The minimum atomic E-state index is -3.51. The van der Waals surface area contributed by atoms with Crippen molar-refractivity contribution in [2.75, 3.05) is 6.61 Å². The van der Waals surface area contributed by atoms with Crippen molar-refractivity contribution < 1.29 is 33.0 Å². The Morgan fingerprint density at radius 2 is 1.67 bits per heavy atom. The molecule has 0 bridgehead atoms. The Bertz CT molecular complexity index is 254. The minimum absolute atomic E-state index is 0.0143. The monoisotopic (exact) mass is 252 g/mol. The van der Waals surface area contributed by atoms with Crippen LogP contribution < -0.4 is 0 Å². The van der Waals surface area contributed by atoms with Gasteiger partial charge in [0.15, 0.2) is 0 Å². The fraction of sp³-hybridized carbons (Fsp3) is 1.00. The molecular weight excluding hydrogens is 243 g/mol. The Balaban J connectivity index is 0.000000245. The van der Waals surface area contributed by atoms with Crippen molar-refractivity contribution in [2.45, 2.75) is 24.1 Å². The second kappa shape index (κ2) is 4.54. The Hall–Kier alpha value is 1.33. The van der Waals surface area contributed by atoms with Crippen LogP contribution in [0.2, 0.25) is -0.490 Å². The zero-order chi connectivity index (χ0) is 11.9. The Labute approximate surface area is 119 Å². The summed E-state index contributed by atoms with van der Waals surface area (Å²) in [5, 5.41) is 21.5. The summed E-state index contributed by atoms with van der Waals surface area (Å²) in [4.78, 5) is 0. The van der Waals surface area contributed by atoms with E-state index in [-0.39, 0.29) is 62.0 Å². The van der Waals surface area contributed by atoms with E-state index >= 15 is 0 Å². The number of ether oxygens (including phenoxy) is 1. The number of rotatable bonds is 0. The van der Waals surface area contributed by atoms with Crippen LogP contribution in [0, 0.1) is 0 Å². The molecule has 2 atom stereocenters. The van der Waals surface area contributed by atoms with Crippen LogP contribution in [0.5, 0.6) is 0 Å². The van der Waals surface area contributed by atoms with Gasteiger partial charge in [0, 0.05) is 0 Å². The van der Waals surface area contributed by atoms with Gasteiger partial charge >= 0.3 is 105 Å². The third-order valence-corrected chi connectivity index (χ3v) is 5.43. The van der Waals surface area contributed by atoms with Crippen molar-refractivity contribution in [3.8, 4) is 0 Å². The Morgan fingerprint density at radius 3 is 2.00 bits per heavy atom. The van der Waals surface area contributed by atoms with Gasteiger partial charge in [-0.25, -0.2) is 0 Å². The molecule has 1 aliphatic heterocycles. The molecule has 1 saturated carbocycles. The summed E-state index contributed by atoms with van der Waals surface area (Å²) in [6.07, 6.45) is -3.00. The molecule has 2 aliphatic rings. The molecule has 2 unspecified atom stereocenters. The quantitative estimate of drug-likeness (QED) is 0.503. The largest absolute Gasteiger partial charge is 0.631 e. The molecule has 2 fully saturated rings. The van der Waals surface area contributed by atoms with Crippen LogP contribution in [0.15, 0.2) is 0 Å². The first kappa shape index (κ1) is 14.4. The summed E-state index contributed by atoms with van der Waals surface area (Å²) in [5.74, 6) is 0. The SMILES string of the molecule is FC1(F)OCC[C]2([K])CC21F.OB(O)O. The van der Waals surface area contributed by atoms with E-state index in [0.29, 0.717) is 6.42 Å². The number of hydrogen-bond donors (Lipinski definition) is 3. The molecule has 0 aromatic rings. The fourth-order valence-electron chi connectivity index (χ4n) is 1.75. The van der Waals surface area contributed by atoms with Gasteiger partial charge in [-0.2, -0.15) is 0 Å². The maximum absolute atomic E-state index is 13.3. The minimum Gasteiger partial charge on any atom is -0.402 e. The second-order valence-electron chi connectivity index (χ2n) is 4.00. The van der Waals surface area contributed by atoms with Crippen molar-refractivity contribution >= 4 is 56.3 Å². The van der Waals surface area contributed by atoms with E-state index in [2.05, 4.69) is 4.74 Å². The van der Waals surface area contributed by atoms with Crippen LogP contribution in [0.1, 0.15) is 12.8 Å². The third kappa shape index (κ3) is 2.78. The van der Waals surface area contributed by atoms with Crippen molar-refractivity contribution in [3.63, 3.8) is 0 Å². The number of fused-ring (bicyclic) bond motifs is 1. The summed E-state index contributed by atoms with van der Waals surface area (Å²) >= 11 is 0.127. The average molecular weight is 252 g/mol. The first-order valence-electron chi connectivity index (χ1n) is 4.40. The summed E-state index contributed by atoms with van der Waals surface area (Å²) in [5.41, 5.74) is -2.29. The van der Waals surface area contributed by atoms with E-state index in [1.807, 2.05) is 0 Å². The molecule has 3 N–H and O–H groups in total. The van der Waals surface area contributed by atoms with Crippen molar-refractivity contribution in [1.29, 1.82) is 0 Å². The first-order valence-corrected chi connectivity index (χ1v) is 5.96. The maximum Gasteiger partial charge on any atom is 0.631 e. The number of halogens is 3. The predicted molar refractivity (Wildman–Crippen MR) is 44.8 cm³/mol. The van der Waals surface area contributed by atoms with Crippen molar-refractivity contribution in [2.24, 2.45) is 0 Å². The van der Waals surface area contributed by atoms with E-state index < -0.39 is 18.6 Å². The molecule has 0 spiro atoms. The first-order chi connectivity index (χ1) is 6.65. The van der Waals surface area contributed by atoms with Gasteiger partial charge < -0.3 is 15.1 Å². The maximum atomic E-state index is 13.3. The van der Waals surface area contributed by atoms with Crippen LogP contribution in [0.4, 0.5) is 13.2 Å². The van der Waals surface area contributed by atoms with Crippen LogP contribution in [-0.4, -0.2) is 89.7 Å². The summed E-state index contributed by atoms with van der Waals surface area (Å²) < 4.78 is 42.2. The normalized spacial score (nSPS) is 41.1. The van der Waals surface area contributed by atoms with Gasteiger partial charge in [-0.15, -0.1) is 0 Å². The van der Waals surface area contributed by atoms with Crippen LogP contribution in [0.3, 0.4) is 0 Å². The second-order valence-corrected chi connectivity index (χ2v) is 6.99. The molecule has 15 heavy (non-hydrogen) atoms. The molecule has 4 nitrogen and oxygen atoms in total. The molecule has 0 amide bonds. The Kier molecular flexibility index (Phi) is 4.36. The van der Waals surface area contributed by atoms with E-state index in [9.17, 15) is 13.2 Å². The summed E-state index contributed by atoms with van der Waals surface area (Å²) in [6.45, 7) is 0.0143. The van der Waals surface area contributed by atoms with Gasteiger partial charge in [0.2, 0.25) is 0 Å². The third-order valence-electron chi connectivity index (χ3n) is 2.86. The van der Waals surface area contributed by atoms with Crippen LogP contribution >= 0.6 is 0 Å². The molecule has 2 rings (SSSR count). The molecule has 1 saturated heterocycles. The van der Waals surface area contributed by atoms with E-state index in [0.717, 1.165) is 0 Å². The van der Waals surface area contributed by atoms with Gasteiger partial charge in [0.05, 0.1) is 0 Å². The van der Waals surface area contributed by atoms with Gasteiger partial charge in [-0.3, -0.25) is 0 Å². The molecular formula is C6H9BF3KO4. The average Bonchev–Trinajstić information content (AvgIpc) is 2.54. The van der Waals surface area contributed by atoms with Crippen LogP contribution in [-0.2, 0) is 4.74 Å². The van der Waals surface area contributed by atoms with Crippen molar-refractivity contribution in [1.82, 2.24) is 0 Å². The van der Waals surface area contributed by atoms with Gasteiger partial charge in [-0.1, -0.05) is 0 Å². The van der Waals surface area contributed by atoms with Gasteiger partial charge in [-0.05, 0) is 0 Å². The number of hydrogen-bond acceptors (Lipinski definition) is 4. The molecule has 0 aromatic carbocycles. The van der Waals surface area contributed by atoms with E-state index in [4.69, 9.17) is 15.1 Å². The van der Waals surface area contributed by atoms with Crippen molar-refractivity contribution in [3.05, 3.63) is 0 Å². The van der Waals surface area contributed by atoms with E-state index in [1.165, 1.54) is 0 Å². The smallest absolute Gasteiger partial charge is 0.402 e. The number of alkyl halides is 3. The van der Waals surface area contributed by atoms with E-state index in [1.54, 1.807) is 0 Å². The molecule has 9 heteroatoms. The fourth-order valence-corrected chi connectivity index (χ4v) is 3.29. The Morgan fingerprint density at radius 1 is 1.20 bits per heavy atom. The molecule has 82 valence electrons. The molecule has 0 radical (unpaired) electrons. The van der Waals surface area contributed by atoms with Gasteiger partial charge in [0.1, 0.15) is 0 Å². The molecule has 0 aromatic heterocycles. The van der Waals surface area contributed by atoms with Crippen LogP contribution in [0.25, 0.3) is 0 Å². The standard InChI is InChI=1S/C6H6F3O.BH3O3.K/c7-5-3-4(5)1-2-10-6(5,8)9;2-1(3)4;/h1-3H2;2-4H;. The van der Waals surface area contributed by atoms with Gasteiger partial charge in [0.25, 0.3) is 0 Å². The molecule has 1 heterocycles. The summed E-state index contributed by atoms with van der Waals surface area (Å²) in [6, 6.07) is 0. The zero-order valence-corrected chi connectivity index (χ0v) is 11.2. The molecule has 1 aliphatic carbocycles. The summed E-state index contributed by atoms with van der Waals surface area (Å²) in [7, 11) is -2.17.